The highest BCUT2D eigenvalue weighted by Crippen LogP contribution is 2.25. The van der Waals surface area contributed by atoms with Crippen molar-refractivity contribution in [3.63, 3.8) is 0 Å². The normalized spacial score (nSPS) is 12.4. The third kappa shape index (κ3) is 7.26. The summed E-state index contributed by atoms with van der Waals surface area (Å²) in [5.74, 6) is -0.560. The fraction of sp³-hybridized carbons (Fsp3) is 0.417. The standard InChI is InChI=1S/C24H32O4Si/c1-4-29(5-2,6-3)28-23(18-21-15-11-8-12-16-21)24(26)27-19-22(25)17-20-13-9-7-10-14-20/h7-16,23H,4-6,17-19H2,1-3H3/t23-/m1/s1. The van der Waals surface area contributed by atoms with E-state index in [2.05, 4.69) is 20.8 Å². The molecule has 2 aromatic rings. The Balaban J connectivity index is 2.04. The molecule has 0 unspecified atom stereocenters. The largest absolute Gasteiger partial charge is 0.456 e. The summed E-state index contributed by atoms with van der Waals surface area (Å²) in [6.45, 7) is 6.18. The zero-order chi connectivity index (χ0) is 21.1. The van der Waals surface area contributed by atoms with Crippen LogP contribution in [0.25, 0.3) is 0 Å². The molecular weight excluding hydrogens is 380 g/mol. The maximum Gasteiger partial charge on any atom is 0.334 e. The van der Waals surface area contributed by atoms with Crippen molar-refractivity contribution >= 4 is 20.1 Å². The van der Waals surface area contributed by atoms with E-state index in [0.29, 0.717) is 6.42 Å². The molecule has 0 aromatic heterocycles. The van der Waals surface area contributed by atoms with E-state index in [1.54, 1.807) is 0 Å². The Labute approximate surface area is 175 Å². The Hall–Kier alpha value is -2.24. The van der Waals surface area contributed by atoms with E-state index in [9.17, 15) is 9.59 Å². The van der Waals surface area contributed by atoms with Gasteiger partial charge in [0.25, 0.3) is 0 Å². The first-order chi connectivity index (χ1) is 14.0. The molecule has 0 N–H and O–H groups in total. The van der Waals surface area contributed by atoms with Gasteiger partial charge in [0.2, 0.25) is 0 Å². The number of hydrogen-bond donors (Lipinski definition) is 0. The summed E-state index contributed by atoms with van der Waals surface area (Å²) in [6, 6.07) is 22.1. The Morgan fingerprint density at radius 2 is 1.34 bits per heavy atom. The SMILES string of the molecule is CC[Si](CC)(CC)O[C@H](Cc1ccccc1)C(=O)OCC(=O)Cc1ccccc1. The van der Waals surface area contributed by atoms with Crippen LogP contribution in [0.5, 0.6) is 0 Å². The lowest BCUT2D eigenvalue weighted by Gasteiger charge is -2.32. The zero-order valence-electron chi connectivity index (χ0n) is 17.7. The molecule has 0 radical (unpaired) electrons. The Bertz CT molecular complexity index is 749. The van der Waals surface area contributed by atoms with Crippen LogP contribution in [0.4, 0.5) is 0 Å². The van der Waals surface area contributed by atoms with Crippen molar-refractivity contribution in [1.29, 1.82) is 0 Å². The minimum Gasteiger partial charge on any atom is -0.456 e. The minimum atomic E-state index is -2.00. The van der Waals surface area contributed by atoms with Gasteiger partial charge in [0, 0.05) is 12.8 Å². The number of hydrogen-bond acceptors (Lipinski definition) is 4. The second kappa shape index (κ2) is 11.7. The lowest BCUT2D eigenvalue weighted by Crippen LogP contribution is -2.44. The van der Waals surface area contributed by atoms with Crippen LogP contribution in [0.3, 0.4) is 0 Å². The molecule has 0 fully saturated rings. The molecule has 4 nitrogen and oxygen atoms in total. The molecule has 2 aromatic carbocycles. The Morgan fingerprint density at radius 1 is 0.828 bits per heavy atom. The maximum absolute atomic E-state index is 12.9. The van der Waals surface area contributed by atoms with E-state index in [4.69, 9.17) is 9.16 Å². The third-order valence-corrected chi connectivity index (χ3v) is 10.1. The summed E-state index contributed by atoms with van der Waals surface area (Å²) in [7, 11) is -2.00. The van der Waals surface area contributed by atoms with Crippen LogP contribution in [0.2, 0.25) is 18.1 Å². The number of carbonyl (C=O) groups excluding carboxylic acids is 2. The highest BCUT2D eigenvalue weighted by Gasteiger charge is 2.35. The van der Waals surface area contributed by atoms with Crippen molar-refractivity contribution < 1.29 is 18.8 Å². The minimum absolute atomic E-state index is 0.118. The molecule has 156 valence electrons. The zero-order valence-corrected chi connectivity index (χ0v) is 18.7. The summed E-state index contributed by atoms with van der Waals surface area (Å²) in [6.07, 6.45) is 0.0467. The predicted molar refractivity (Wildman–Crippen MR) is 118 cm³/mol. The molecule has 0 aliphatic rings. The van der Waals surface area contributed by atoms with Crippen molar-refractivity contribution in [1.82, 2.24) is 0 Å². The molecule has 0 saturated heterocycles. The van der Waals surface area contributed by atoms with Gasteiger partial charge in [0.15, 0.2) is 14.1 Å². The number of Topliss-reactive ketones (excluding diaryl/α,β-unsaturated/α-hetero) is 1. The van der Waals surface area contributed by atoms with Crippen LogP contribution in [-0.2, 0) is 31.6 Å². The number of ether oxygens (including phenoxy) is 1. The molecule has 1 atom stereocenters. The summed E-state index contributed by atoms with van der Waals surface area (Å²) >= 11 is 0. The smallest absolute Gasteiger partial charge is 0.334 e. The first-order valence-electron chi connectivity index (χ1n) is 10.5. The quantitative estimate of drug-likeness (QED) is 0.365. The average Bonchev–Trinajstić information content (AvgIpc) is 2.76. The molecule has 0 amide bonds. The molecule has 0 spiro atoms. The van der Waals surface area contributed by atoms with Crippen LogP contribution in [-0.4, -0.2) is 32.8 Å². The van der Waals surface area contributed by atoms with Gasteiger partial charge in [-0.05, 0) is 29.3 Å². The average molecular weight is 413 g/mol. The van der Waals surface area contributed by atoms with Gasteiger partial charge in [0.1, 0.15) is 12.7 Å². The summed E-state index contributed by atoms with van der Waals surface area (Å²) in [5, 5.41) is 0. The van der Waals surface area contributed by atoms with Crippen LogP contribution in [0.1, 0.15) is 31.9 Å². The molecule has 0 saturated carbocycles. The molecule has 0 aliphatic heterocycles. The van der Waals surface area contributed by atoms with E-state index < -0.39 is 20.4 Å². The molecule has 2 rings (SSSR count). The molecular formula is C24H32O4Si. The highest BCUT2D eigenvalue weighted by molar-refractivity contribution is 6.73. The van der Waals surface area contributed by atoms with Gasteiger partial charge in [-0.2, -0.15) is 0 Å². The molecule has 0 bridgehead atoms. The van der Waals surface area contributed by atoms with Crippen LogP contribution < -0.4 is 0 Å². The molecule has 0 heterocycles. The Morgan fingerprint density at radius 3 is 1.86 bits per heavy atom. The monoisotopic (exact) mass is 412 g/mol. The van der Waals surface area contributed by atoms with Crippen LogP contribution >= 0.6 is 0 Å². The van der Waals surface area contributed by atoms with Gasteiger partial charge in [0.05, 0.1) is 0 Å². The van der Waals surface area contributed by atoms with Gasteiger partial charge < -0.3 is 9.16 Å². The van der Waals surface area contributed by atoms with E-state index in [0.717, 1.165) is 29.3 Å². The van der Waals surface area contributed by atoms with Crippen LogP contribution in [0, 0.1) is 0 Å². The van der Waals surface area contributed by atoms with Crippen molar-refractivity contribution in [3.05, 3.63) is 71.8 Å². The number of benzene rings is 2. The maximum atomic E-state index is 12.9. The summed E-state index contributed by atoms with van der Waals surface area (Å²) in [5.41, 5.74) is 1.94. The first kappa shape index (κ1) is 23.0. The number of ketones is 1. The van der Waals surface area contributed by atoms with Gasteiger partial charge >= 0.3 is 5.97 Å². The van der Waals surface area contributed by atoms with E-state index >= 15 is 0 Å². The number of rotatable bonds is 12. The second-order valence-corrected chi connectivity index (χ2v) is 12.1. The van der Waals surface area contributed by atoms with Gasteiger partial charge in [-0.25, -0.2) is 4.79 Å². The van der Waals surface area contributed by atoms with Gasteiger partial charge in [-0.3, -0.25) is 4.79 Å². The number of carbonyl (C=O) groups is 2. The summed E-state index contributed by atoms with van der Waals surface area (Å²) in [4.78, 5) is 25.1. The topological polar surface area (TPSA) is 52.6 Å². The van der Waals surface area contributed by atoms with Crippen molar-refractivity contribution in [2.45, 2.75) is 57.8 Å². The lowest BCUT2D eigenvalue weighted by atomic mass is 10.1. The van der Waals surface area contributed by atoms with E-state index in [1.807, 2.05) is 60.7 Å². The van der Waals surface area contributed by atoms with E-state index in [-0.39, 0.29) is 18.8 Å². The van der Waals surface area contributed by atoms with Crippen molar-refractivity contribution in [3.8, 4) is 0 Å². The molecule has 0 aliphatic carbocycles. The van der Waals surface area contributed by atoms with Crippen molar-refractivity contribution in [2.75, 3.05) is 6.61 Å². The lowest BCUT2D eigenvalue weighted by molar-refractivity contribution is -0.155. The van der Waals surface area contributed by atoms with Crippen LogP contribution in [0.15, 0.2) is 60.7 Å². The third-order valence-electron chi connectivity index (χ3n) is 5.47. The molecule has 29 heavy (non-hydrogen) atoms. The number of esters is 1. The first-order valence-corrected chi connectivity index (χ1v) is 13.0. The Kier molecular flexibility index (Phi) is 9.28. The van der Waals surface area contributed by atoms with Gasteiger partial charge in [-0.1, -0.05) is 81.4 Å². The summed E-state index contributed by atoms with van der Waals surface area (Å²) < 4.78 is 11.9. The highest BCUT2D eigenvalue weighted by atomic mass is 28.4. The fourth-order valence-corrected chi connectivity index (χ4v) is 6.21. The fourth-order valence-electron chi connectivity index (χ4n) is 3.42. The molecule has 5 heteroatoms. The van der Waals surface area contributed by atoms with Gasteiger partial charge in [-0.15, -0.1) is 0 Å². The van der Waals surface area contributed by atoms with Crippen molar-refractivity contribution in [2.24, 2.45) is 0 Å². The van der Waals surface area contributed by atoms with E-state index in [1.165, 1.54) is 0 Å². The second-order valence-electron chi connectivity index (χ2n) is 7.35. The predicted octanol–water partition coefficient (Wildman–Crippen LogP) is 4.97.